The van der Waals surface area contributed by atoms with Gasteiger partial charge in [0.1, 0.15) is 5.60 Å². The van der Waals surface area contributed by atoms with E-state index in [1.54, 1.807) is 20.8 Å². The van der Waals surface area contributed by atoms with Crippen LogP contribution in [0.15, 0.2) is 30.3 Å². The predicted molar refractivity (Wildman–Crippen MR) is 81.8 cm³/mol. The van der Waals surface area contributed by atoms with E-state index in [1.807, 2.05) is 18.2 Å². The van der Waals surface area contributed by atoms with Crippen LogP contribution in [0.3, 0.4) is 0 Å². The number of carbonyl (C=O) groups is 2. The number of carbonyl (C=O) groups excluding carboxylic acids is 2. The van der Waals surface area contributed by atoms with Gasteiger partial charge in [-0.05, 0) is 39.2 Å². The lowest BCUT2D eigenvalue weighted by Crippen LogP contribution is -2.27. The Kier molecular flexibility index (Phi) is 8.85. The van der Waals surface area contributed by atoms with Gasteiger partial charge >= 0.3 is 12.1 Å². The maximum atomic E-state index is 10.8. The van der Waals surface area contributed by atoms with Gasteiger partial charge in [-0.1, -0.05) is 30.3 Å². The Balaban J connectivity index is 0.000000433. The van der Waals surface area contributed by atoms with Crippen molar-refractivity contribution in [2.75, 3.05) is 7.11 Å². The van der Waals surface area contributed by atoms with Gasteiger partial charge in [-0.25, -0.2) is 4.79 Å². The normalized spacial score (nSPS) is 10.1. The van der Waals surface area contributed by atoms with Crippen LogP contribution < -0.4 is 5.73 Å². The predicted octanol–water partition coefficient (Wildman–Crippen LogP) is 3.06. The van der Waals surface area contributed by atoms with Crippen LogP contribution in [-0.2, 0) is 20.7 Å². The first-order chi connectivity index (χ1) is 9.74. The molecular weight excluding hydrogens is 270 g/mol. The zero-order valence-electron chi connectivity index (χ0n) is 13.2. The summed E-state index contributed by atoms with van der Waals surface area (Å²) >= 11 is 0. The highest BCUT2D eigenvalue weighted by Crippen LogP contribution is 2.05. The molecule has 1 aromatic carbocycles. The van der Waals surface area contributed by atoms with E-state index in [0.29, 0.717) is 6.42 Å². The average molecular weight is 295 g/mol. The number of hydrogen-bond acceptors (Lipinski definition) is 4. The standard InChI is InChI=1S/C11H14O2.C5H11NO2/c1-13-11(12)9-5-8-10-6-3-2-4-7-10;1-5(2,3)8-4(6)7/h2-4,6-7H,5,8-9H2,1H3;1-3H3,(H2,6,7). The highest BCUT2D eigenvalue weighted by Gasteiger charge is 2.12. The highest BCUT2D eigenvalue weighted by molar-refractivity contribution is 5.69. The van der Waals surface area contributed by atoms with Gasteiger partial charge in [0.15, 0.2) is 0 Å². The van der Waals surface area contributed by atoms with Crippen molar-refractivity contribution in [3.8, 4) is 0 Å². The first-order valence-electron chi connectivity index (χ1n) is 6.84. The van der Waals surface area contributed by atoms with Crippen molar-refractivity contribution in [2.24, 2.45) is 5.73 Å². The summed E-state index contributed by atoms with van der Waals surface area (Å²) in [7, 11) is 1.42. The summed E-state index contributed by atoms with van der Waals surface area (Å²) in [6.45, 7) is 5.28. The smallest absolute Gasteiger partial charge is 0.405 e. The number of amides is 1. The molecule has 0 aromatic heterocycles. The first-order valence-corrected chi connectivity index (χ1v) is 6.84. The van der Waals surface area contributed by atoms with Crippen LogP contribution in [0.2, 0.25) is 0 Å². The molecule has 0 bridgehead atoms. The minimum Gasteiger partial charge on any atom is -0.469 e. The Morgan fingerprint density at radius 2 is 1.71 bits per heavy atom. The van der Waals surface area contributed by atoms with Gasteiger partial charge in [0, 0.05) is 6.42 Å². The third kappa shape index (κ3) is 12.7. The number of primary amides is 1. The van der Waals surface area contributed by atoms with Crippen molar-refractivity contribution >= 4 is 12.1 Å². The molecule has 0 saturated carbocycles. The summed E-state index contributed by atoms with van der Waals surface area (Å²) in [5.74, 6) is -0.129. The molecule has 0 unspecified atom stereocenters. The van der Waals surface area contributed by atoms with Crippen molar-refractivity contribution in [1.82, 2.24) is 0 Å². The van der Waals surface area contributed by atoms with Gasteiger partial charge in [0.05, 0.1) is 7.11 Å². The third-order valence-electron chi connectivity index (χ3n) is 2.32. The number of methoxy groups -OCH3 is 1. The minimum absolute atomic E-state index is 0.129. The molecule has 1 rings (SSSR count). The number of hydrogen-bond donors (Lipinski definition) is 1. The molecule has 0 aliphatic heterocycles. The number of rotatable bonds is 4. The van der Waals surface area contributed by atoms with Gasteiger partial charge < -0.3 is 15.2 Å². The molecule has 2 N–H and O–H groups in total. The Labute approximate surface area is 126 Å². The molecule has 5 nitrogen and oxygen atoms in total. The maximum Gasteiger partial charge on any atom is 0.405 e. The molecule has 0 atom stereocenters. The minimum atomic E-state index is -0.725. The number of esters is 1. The van der Waals surface area contributed by atoms with Gasteiger partial charge in [-0.15, -0.1) is 0 Å². The number of aryl methyl sites for hydroxylation is 1. The second-order valence-electron chi connectivity index (χ2n) is 5.45. The molecule has 0 aliphatic carbocycles. The fraction of sp³-hybridized carbons (Fsp3) is 0.500. The van der Waals surface area contributed by atoms with Crippen LogP contribution in [0.25, 0.3) is 0 Å². The molecule has 21 heavy (non-hydrogen) atoms. The van der Waals surface area contributed by atoms with Gasteiger partial charge in [0.25, 0.3) is 0 Å². The molecule has 118 valence electrons. The number of nitrogens with two attached hydrogens (primary N) is 1. The summed E-state index contributed by atoms with van der Waals surface area (Å²) < 4.78 is 9.13. The molecule has 0 heterocycles. The lowest BCUT2D eigenvalue weighted by atomic mass is 10.1. The van der Waals surface area contributed by atoms with Crippen LogP contribution in [-0.4, -0.2) is 24.8 Å². The Morgan fingerprint density at radius 3 is 2.10 bits per heavy atom. The quantitative estimate of drug-likeness (QED) is 0.866. The first kappa shape index (κ1) is 19.0. The van der Waals surface area contributed by atoms with Crippen LogP contribution in [0, 0.1) is 0 Å². The molecule has 0 spiro atoms. The van der Waals surface area contributed by atoms with E-state index >= 15 is 0 Å². The van der Waals surface area contributed by atoms with E-state index in [2.05, 4.69) is 21.6 Å². The van der Waals surface area contributed by atoms with E-state index in [0.717, 1.165) is 12.8 Å². The van der Waals surface area contributed by atoms with Crippen molar-refractivity contribution in [3.63, 3.8) is 0 Å². The summed E-state index contributed by atoms with van der Waals surface area (Å²) in [5.41, 5.74) is 5.53. The molecule has 0 fully saturated rings. The summed E-state index contributed by atoms with van der Waals surface area (Å²) in [6, 6.07) is 10.1. The summed E-state index contributed by atoms with van der Waals surface area (Å²) in [5, 5.41) is 0. The van der Waals surface area contributed by atoms with Crippen molar-refractivity contribution in [1.29, 1.82) is 0 Å². The Hall–Kier alpha value is -2.04. The van der Waals surface area contributed by atoms with E-state index in [9.17, 15) is 9.59 Å². The highest BCUT2D eigenvalue weighted by atomic mass is 16.6. The van der Waals surface area contributed by atoms with Gasteiger partial charge in [-0.3, -0.25) is 4.79 Å². The van der Waals surface area contributed by atoms with E-state index < -0.39 is 11.7 Å². The number of ether oxygens (including phenoxy) is 2. The van der Waals surface area contributed by atoms with Crippen LogP contribution >= 0.6 is 0 Å². The van der Waals surface area contributed by atoms with Crippen molar-refractivity contribution in [2.45, 2.75) is 45.6 Å². The van der Waals surface area contributed by atoms with E-state index in [4.69, 9.17) is 5.73 Å². The zero-order valence-corrected chi connectivity index (χ0v) is 13.2. The SMILES string of the molecule is CC(C)(C)OC(N)=O.COC(=O)CCCc1ccccc1. The Morgan fingerprint density at radius 1 is 1.14 bits per heavy atom. The topological polar surface area (TPSA) is 78.6 Å². The van der Waals surface area contributed by atoms with Crippen molar-refractivity contribution in [3.05, 3.63) is 35.9 Å². The fourth-order valence-electron chi connectivity index (χ4n) is 1.49. The lowest BCUT2D eigenvalue weighted by molar-refractivity contribution is -0.140. The molecule has 5 heteroatoms. The van der Waals surface area contributed by atoms with Crippen LogP contribution in [0.4, 0.5) is 4.79 Å². The monoisotopic (exact) mass is 295 g/mol. The van der Waals surface area contributed by atoms with Crippen LogP contribution in [0.5, 0.6) is 0 Å². The van der Waals surface area contributed by atoms with E-state index in [1.165, 1.54) is 12.7 Å². The van der Waals surface area contributed by atoms with Crippen LogP contribution in [0.1, 0.15) is 39.2 Å². The molecule has 0 aliphatic rings. The van der Waals surface area contributed by atoms with Gasteiger partial charge in [0.2, 0.25) is 0 Å². The largest absolute Gasteiger partial charge is 0.469 e. The molecule has 0 saturated heterocycles. The van der Waals surface area contributed by atoms with Crippen molar-refractivity contribution < 1.29 is 19.1 Å². The molecule has 1 amide bonds. The molecule has 0 radical (unpaired) electrons. The molecule has 1 aromatic rings. The Bertz CT molecular complexity index is 424. The fourth-order valence-corrected chi connectivity index (χ4v) is 1.49. The average Bonchev–Trinajstić information content (AvgIpc) is 2.37. The summed E-state index contributed by atoms with van der Waals surface area (Å²) in [4.78, 5) is 20.8. The summed E-state index contributed by atoms with van der Waals surface area (Å²) in [6.07, 6.45) is 1.58. The zero-order chi connectivity index (χ0) is 16.3. The van der Waals surface area contributed by atoms with E-state index in [-0.39, 0.29) is 5.97 Å². The lowest BCUT2D eigenvalue weighted by Gasteiger charge is -2.16. The maximum absolute atomic E-state index is 10.8. The third-order valence-corrected chi connectivity index (χ3v) is 2.32. The number of benzene rings is 1. The molecular formula is C16H25NO4. The second-order valence-corrected chi connectivity index (χ2v) is 5.45. The van der Waals surface area contributed by atoms with Gasteiger partial charge in [-0.2, -0.15) is 0 Å². The second kappa shape index (κ2) is 9.80.